The molecule has 7 heteroatoms. The van der Waals surface area contributed by atoms with Gasteiger partial charge in [-0.3, -0.25) is 10.1 Å². The summed E-state index contributed by atoms with van der Waals surface area (Å²) in [5.74, 6) is 0. The van der Waals surface area contributed by atoms with Crippen LogP contribution >= 0.6 is 27.3 Å². The van der Waals surface area contributed by atoms with Gasteiger partial charge in [0.05, 0.1) is 11.0 Å². The van der Waals surface area contributed by atoms with Crippen LogP contribution in [0.1, 0.15) is 28.4 Å². The van der Waals surface area contributed by atoms with Crippen LogP contribution in [0.4, 0.5) is 5.69 Å². The molecule has 1 N–H and O–H groups in total. The quantitative estimate of drug-likeness (QED) is 0.650. The van der Waals surface area contributed by atoms with Crippen molar-refractivity contribution in [3.8, 4) is 0 Å². The van der Waals surface area contributed by atoms with Crippen LogP contribution in [-0.4, -0.2) is 9.91 Å². The van der Waals surface area contributed by atoms with E-state index in [1.165, 1.54) is 6.07 Å². The number of benzene rings is 1. The molecule has 1 aromatic carbocycles. The summed E-state index contributed by atoms with van der Waals surface area (Å²) >= 11 is 4.88. The molecule has 0 aliphatic rings. The molecule has 1 atom stereocenters. The summed E-state index contributed by atoms with van der Waals surface area (Å²) in [5, 5.41) is 15.3. The maximum Gasteiger partial charge on any atom is 0.275 e. The summed E-state index contributed by atoms with van der Waals surface area (Å²) in [6, 6.07) is 5.16. The largest absolute Gasteiger partial charge is 0.304 e. The van der Waals surface area contributed by atoms with Gasteiger partial charge in [-0.05, 0) is 26.0 Å². The number of nitro groups is 1. The van der Waals surface area contributed by atoms with E-state index >= 15 is 0 Å². The Hall–Kier alpha value is -1.31. The molecule has 20 heavy (non-hydrogen) atoms. The molecule has 5 nitrogen and oxygen atoms in total. The van der Waals surface area contributed by atoms with E-state index in [1.54, 1.807) is 17.4 Å². The van der Waals surface area contributed by atoms with E-state index in [4.69, 9.17) is 0 Å². The summed E-state index contributed by atoms with van der Waals surface area (Å²) in [4.78, 5) is 16.1. The number of hydrogen-bond donors (Lipinski definition) is 1. The molecular weight excluding hydrogens is 342 g/mol. The van der Waals surface area contributed by atoms with Crippen molar-refractivity contribution in [1.82, 2.24) is 10.3 Å². The van der Waals surface area contributed by atoms with E-state index in [0.717, 1.165) is 9.88 Å². The molecule has 0 fully saturated rings. The van der Waals surface area contributed by atoms with Crippen LogP contribution in [0.2, 0.25) is 0 Å². The maximum atomic E-state index is 11.0. The molecule has 0 spiro atoms. The molecule has 1 unspecified atom stereocenters. The van der Waals surface area contributed by atoms with Crippen LogP contribution in [-0.2, 0) is 6.54 Å². The van der Waals surface area contributed by atoms with Gasteiger partial charge in [-0.15, -0.1) is 11.3 Å². The van der Waals surface area contributed by atoms with E-state index < -0.39 is 0 Å². The lowest BCUT2D eigenvalue weighted by Gasteiger charge is -2.11. The van der Waals surface area contributed by atoms with E-state index in [0.29, 0.717) is 16.6 Å². The summed E-state index contributed by atoms with van der Waals surface area (Å²) in [6.45, 7) is 4.44. The van der Waals surface area contributed by atoms with Crippen molar-refractivity contribution < 1.29 is 4.92 Å². The van der Waals surface area contributed by atoms with Crippen molar-refractivity contribution in [1.29, 1.82) is 0 Å². The fourth-order valence-corrected chi connectivity index (χ4v) is 2.93. The Bertz CT molecular complexity index is 630. The molecule has 1 heterocycles. The average molecular weight is 356 g/mol. The number of hydrogen-bond acceptors (Lipinski definition) is 5. The van der Waals surface area contributed by atoms with Crippen molar-refractivity contribution in [2.24, 2.45) is 0 Å². The molecule has 0 aliphatic carbocycles. The Morgan fingerprint density at radius 1 is 1.55 bits per heavy atom. The van der Waals surface area contributed by atoms with Crippen LogP contribution in [0.5, 0.6) is 0 Å². The molecule has 0 bridgehead atoms. The zero-order valence-electron chi connectivity index (χ0n) is 11.1. The van der Waals surface area contributed by atoms with E-state index in [2.05, 4.69) is 26.2 Å². The fourth-order valence-electron chi connectivity index (χ4n) is 1.78. The Labute approximate surface area is 129 Å². The summed E-state index contributed by atoms with van der Waals surface area (Å²) in [6.07, 6.45) is 1.83. The second kappa shape index (κ2) is 6.43. The SMILES string of the molecule is Cc1cnc(C(C)NCc2ccc(Br)cc2[N+](=O)[O-])s1. The maximum absolute atomic E-state index is 11.0. The predicted molar refractivity (Wildman–Crippen MR) is 82.9 cm³/mol. The van der Waals surface area contributed by atoms with Crippen LogP contribution in [0.25, 0.3) is 0 Å². The van der Waals surface area contributed by atoms with Crippen LogP contribution < -0.4 is 5.32 Å². The first-order valence-corrected chi connectivity index (χ1v) is 7.67. The smallest absolute Gasteiger partial charge is 0.275 e. The molecule has 2 rings (SSSR count). The number of nitrogens with one attached hydrogen (secondary N) is 1. The second-order valence-corrected chi connectivity index (χ2v) is 6.62. The molecule has 106 valence electrons. The third-order valence-electron chi connectivity index (χ3n) is 2.85. The number of thiazole rings is 1. The first kappa shape index (κ1) is 15.1. The van der Waals surface area contributed by atoms with Gasteiger partial charge in [-0.2, -0.15) is 0 Å². The van der Waals surface area contributed by atoms with E-state index in [-0.39, 0.29) is 16.7 Å². The molecule has 0 radical (unpaired) electrons. The number of nitrogens with zero attached hydrogens (tertiary/aromatic N) is 2. The Morgan fingerprint density at radius 3 is 2.90 bits per heavy atom. The van der Waals surface area contributed by atoms with E-state index in [9.17, 15) is 10.1 Å². The minimum atomic E-state index is -0.361. The van der Waals surface area contributed by atoms with Crippen molar-refractivity contribution in [3.05, 3.63) is 54.4 Å². The highest BCUT2D eigenvalue weighted by atomic mass is 79.9. The Balaban J connectivity index is 2.09. The molecule has 0 aliphatic heterocycles. The van der Waals surface area contributed by atoms with Gasteiger partial charge in [0.1, 0.15) is 5.01 Å². The van der Waals surface area contributed by atoms with Gasteiger partial charge in [-0.1, -0.05) is 15.9 Å². The summed E-state index contributed by atoms with van der Waals surface area (Å²) < 4.78 is 0.705. The number of rotatable bonds is 5. The second-order valence-electron chi connectivity index (χ2n) is 4.44. The monoisotopic (exact) mass is 355 g/mol. The third-order valence-corrected chi connectivity index (χ3v) is 4.44. The highest BCUT2D eigenvalue weighted by Crippen LogP contribution is 2.25. The lowest BCUT2D eigenvalue weighted by atomic mass is 10.1. The summed E-state index contributed by atoms with van der Waals surface area (Å²) in [7, 11) is 0. The van der Waals surface area contributed by atoms with Gasteiger partial charge in [0.2, 0.25) is 0 Å². The number of aromatic nitrogens is 1. The highest BCUT2D eigenvalue weighted by molar-refractivity contribution is 9.10. The van der Waals surface area contributed by atoms with Crippen LogP contribution in [0.15, 0.2) is 28.9 Å². The zero-order valence-corrected chi connectivity index (χ0v) is 13.5. The molecule has 2 aromatic rings. The Morgan fingerprint density at radius 2 is 2.30 bits per heavy atom. The first-order valence-electron chi connectivity index (χ1n) is 6.06. The molecular formula is C13H14BrN3O2S. The van der Waals surface area contributed by atoms with Crippen LogP contribution in [0.3, 0.4) is 0 Å². The van der Waals surface area contributed by atoms with Gasteiger partial charge in [0, 0.05) is 33.7 Å². The van der Waals surface area contributed by atoms with Crippen molar-refractivity contribution in [2.45, 2.75) is 26.4 Å². The fraction of sp³-hybridized carbons (Fsp3) is 0.308. The highest BCUT2D eigenvalue weighted by Gasteiger charge is 2.16. The number of aryl methyl sites for hydroxylation is 1. The average Bonchev–Trinajstić information content (AvgIpc) is 2.83. The van der Waals surface area contributed by atoms with Gasteiger partial charge >= 0.3 is 0 Å². The van der Waals surface area contributed by atoms with Gasteiger partial charge in [-0.25, -0.2) is 4.98 Å². The molecule has 0 saturated heterocycles. The zero-order chi connectivity index (χ0) is 14.7. The minimum absolute atomic E-state index is 0.0666. The normalized spacial score (nSPS) is 12.3. The van der Waals surface area contributed by atoms with Crippen molar-refractivity contribution in [3.63, 3.8) is 0 Å². The topological polar surface area (TPSA) is 68.1 Å². The standard InChI is InChI=1S/C13H14BrN3O2S/c1-8-6-16-13(20-8)9(2)15-7-10-3-4-11(14)5-12(10)17(18)19/h3-6,9,15H,7H2,1-2H3. The van der Waals surface area contributed by atoms with E-state index in [1.807, 2.05) is 26.1 Å². The minimum Gasteiger partial charge on any atom is -0.304 e. The van der Waals surface area contributed by atoms with Gasteiger partial charge in [0.15, 0.2) is 0 Å². The predicted octanol–water partition coefficient (Wildman–Crippen LogP) is 3.97. The lowest BCUT2D eigenvalue weighted by molar-refractivity contribution is -0.385. The van der Waals surface area contributed by atoms with Crippen molar-refractivity contribution >= 4 is 33.0 Å². The summed E-state index contributed by atoms with van der Waals surface area (Å²) in [5.41, 5.74) is 0.785. The number of halogens is 1. The third kappa shape index (κ3) is 3.62. The first-order chi connectivity index (χ1) is 9.47. The van der Waals surface area contributed by atoms with Crippen molar-refractivity contribution in [2.75, 3.05) is 0 Å². The molecule has 1 aromatic heterocycles. The van der Waals surface area contributed by atoms with Gasteiger partial charge in [0.25, 0.3) is 5.69 Å². The lowest BCUT2D eigenvalue weighted by Crippen LogP contribution is -2.18. The van der Waals surface area contributed by atoms with Gasteiger partial charge < -0.3 is 5.32 Å². The van der Waals surface area contributed by atoms with Crippen LogP contribution in [0, 0.1) is 17.0 Å². The number of nitro benzene ring substituents is 1. The Kier molecular flexibility index (Phi) is 4.85. The molecule has 0 amide bonds. The molecule has 0 saturated carbocycles.